The molecule has 2 atom stereocenters. The zero-order valence-corrected chi connectivity index (χ0v) is 14.2. The van der Waals surface area contributed by atoms with Gasteiger partial charge >= 0.3 is 12.2 Å². The minimum absolute atomic E-state index is 0.0754. The van der Waals surface area contributed by atoms with Gasteiger partial charge in [-0.15, -0.1) is 0 Å². The minimum Gasteiger partial charge on any atom is -0.341 e. The standard InChI is InChI=1S/C17H22F3N3O2/c1-11(10-23-8-4-7-15(23)24)21-16(25)22-12(2)13-5-3-6-14(9-13)17(18,19)20/h3,5-6,9,11-12H,4,7-8,10H2,1-2H3,(H2,21,22,25)/t11-,12+/m0/s1. The van der Waals surface area contributed by atoms with E-state index in [0.29, 0.717) is 25.1 Å². The van der Waals surface area contributed by atoms with Crippen LogP contribution in [-0.4, -0.2) is 36.0 Å². The van der Waals surface area contributed by atoms with E-state index in [2.05, 4.69) is 10.6 Å². The third-order valence-electron chi connectivity index (χ3n) is 4.10. The number of hydrogen-bond donors (Lipinski definition) is 2. The van der Waals surface area contributed by atoms with Crippen molar-refractivity contribution in [1.82, 2.24) is 15.5 Å². The average Bonchev–Trinajstić information content (AvgIpc) is 2.91. The van der Waals surface area contributed by atoms with Gasteiger partial charge in [0.25, 0.3) is 0 Å². The fourth-order valence-electron chi connectivity index (χ4n) is 2.80. The first-order valence-corrected chi connectivity index (χ1v) is 8.19. The van der Waals surface area contributed by atoms with E-state index in [0.717, 1.165) is 18.6 Å². The Morgan fingerprint density at radius 3 is 2.60 bits per heavy atom. The quantitative estimate of drug-likeness (QED) is 0.851. The Hall–Kier alpha value is -2.25. The van der Waals surface area contributed by atoms with Crippen molar-refractivity contribution in [3.05, 3.63) is 35.4 Å². The number of halogens is 3. The van der Waals surface area contributed by atoms with E-state index in [-0.39, 0.29) is 11.9 Å². The average molecular weight is 357 g/mol. The number of benzene rings is 1. The van der Waals surface area contributed by atoms with Crippen LogP contribution < -0.4 is 10.6 Å². The summed E-state index contributed by atoms with van der Waals surface area (Å²) in [5.74, 6) is 0.0754. The molecule has 25 heavy (non-hydrogen) atoms. The van der Waals surface area contributed by atoms with E-state index in [1.807, 2.05) is 0 Å². The topological polar surface area (TPSA) is 61.4 Å². The van der Waals surface area contributed by atoms with Crippen LogP contribution in [0.4, 0.5) is 18.0 Å². The van der Waals surface area contributed by atoms with Gasteiger partial charge in [0.2, 0.25) is 5.91 Å². The van der Waals surface area contributed by atoms with Crippen molar-refractivity contribution in [2.75, 3.05) is 13.1 Å². The summed E-state index contributed by atoms with van der Waals surface area (Å²) in [5, 5.41) is 5.33. The van der Waals surface area contributed by atoms with Crippen LogP contribution in [0.5, 0.6) is 0 Å². The van der Waals surface area contributed by atoms with Crippen LogP contribution >= 0.6 is 0 Å². The number of carbonyl (C=O) groups is 2. The van der Waals surface area contributed by atoms with Crippen LogP contribution in [0, 0.1) is 0 Å². The molecule has 3 amide bonds. The summed E-state index contributed by atoms with van der Waals surface area (Å²) in [5.41, 5.74) is -0.382. The fourth-order valence-corrected chi connectivity index (χ4v) is 2.80. The van der Waals surface area contributed by atoms with Crippen LogP contribution in [0.3, 0.4) is 0 Å². The van der Waals surface area contributed by atoms with E-state index in [4.69, 9.17) is 0 Å². The van der Waals surface area contributed by atoms with Crippen LogP contribution in [0.15, 0.2) is 24.3 Å². The summed E-state index contributed by atoms with van der Waals surface area (Å²) in [6.45, 7) is 4.50. The summed E-state index contributed by atoms with van der Waals surface area (Å²) in [7, 11) is 0. The van der Waals surface area contributed by atoms with Gasteiger partial charge in [0.05, 0.1) is 11.6 Å². The van der Waals surface area contributed by atoms with Gasteiger partial charge in [-0.1, -0.05) is 12.1 Å². The Labute approximate surface area is 144 Å². The van der Waals surface area contributed by atoms with Crippen LogP contribution in [0.1, 0.15) is 43.9 Å². The lowest BCUT2D eigenvalue weighted by atomic mass is 10.1. The molecule has 1 aromatic rings. The van der Waals surface area contributed by atoms with Crippen molar-refractivity contribution in [2.45, 2.75) is 44.9 Å². The fraction of sp³-hybridized carbons (Fsp3) is 0.529. The first-order chi connectivity index (χ1) is 11.7. The smallest absolute Gasteiger partial charge is 0.341 e. The molecular formula is C17H22F3N3O2. The zero-order valence-electron chi connectivity index (χ0n) is 14.2. The number of rotatable bonds is 5. The predicted molar refractivity (Wildman–Crippen MR) is 86.8 cm³/mol. The van der Waals surface area contributed by atoms with Crippen molar-refractivity contribution < 1.29 is 22.8 Å². The Kier molecular flexibility index (Phi) is 5.92. The highest BCUT2D eigenvalue weighted by Crippen LogP contribution is 2.30. The maximum absolute atomic E-state index is 12.8. The van der Waals surface area contributed by atoms with Gasteiger partial charge < -0.3 is 15.5 Å². The van der Waals surface area contributed by atoms with Crippen LogP contribution in [0.25, 0.3) is 0 Å². The molecule has 0 spiro atoms. The van der Waals surface area contributed by atoms with Crippen LogP contribution in [0.2, 0.25) is 0 Å². The van der Waals surface area contributed by atoms with Gasteiger partial charge in [-0.25, -0.2) is 4.79 Å². The van der Waals surface area contributed by atoms with E-state index in [1.165, 1.54) is 12.1 Å². The highest BCUT2D eigenvalue weighted by Gasteiger charge is 2.30. The Bertz CT molecular complexity index is 634. The third kappa shape index (κ3) is 5.37. The number of nitrogens with zero attached hydrogens (tertiary/aromatic N) is 1. The molecule has 0 radical (unpaired) electrons. The molecule has 0 aliphatic carbocycles. The molecule has 1 fully saturated rings. The molecular weight excluding hydrogens is 335 g/mol. The Morgan fingerprint density at radius 1 is 1.28 bits per heavy atom. The molecule has 8 heteroatoms. The molecule has 1 heterocycles. The summed E-state index contributed by atoms with van der Waals surface area (Å²) in [6.07, 6.45) is -3.06. The minimum atomic E-state index is -4.42. The van der Waals surface area contributed by atoms with E-state index < -0.39 is 23.8 Å². The number of hydrogen-bond acceptors (Lipinski definition) is 2. The summed E-state index contributed by atoms with van der Waals surface area (Å²) in [4.78, 5) is 25.3. The normalized spacial score (nSPS) is 17.3. The van der Waals surface area contributed by atoms with Crippen molar-refractivity contribution in [2.24, 2.45) is 0 Å². The molecule has 1 aromatic carbocycles. The highest BCUT2D eigenvalue weighted by molar-refractivity contribution is 5.78. The number of likely N-dealkylation sites (tertiary alicyclic amines) is 1. The number of carbonyl (C=O) groups excluding carboxylic acids is 2. The summed E-state index contributed by atoms with van der Waals surface area (Å²) < 4.78 is 38.3. The second kappa shape index (κ2) is 7.76. The molecule has 2 N–H and O–H groups in total. The molecule has 2 rings (SSSR count). The SMILES string of the molecule is C[C@@H](CN1CCCC1=O)NC(=O)N[C@H](C)c1cccc(C(F)(F)F)c1. The van der Waals surface area contributed by atoms with Crippen molar-refractivity contribution in [3.63, 3.8) is 0 Å². The molecule has 1 aliphatic heterocycles. The number of alkyl halides is 3. The largest absolute Gasteiger partial charge is 0.416 e. The molecule has 1 saturated heterocycles. The Balaban J connectivity index is 1.88. The van der Waals surface area contributed by atoms with Crippen molar-refractivity contribution in [1.29, 1.82) is 0 Å². The summed E-state index contributed by atoms with van der Waals surface area (Å²) in [6, 6.07) is 3.55. The van der Waals surface area contributed by atoms with Gasteiger partial charge in [0.15, 0.2) is 0 Å². The first-order valence-electron chi connectivity index (χ1n) is 8.19. The maximum Gasteiger partial charge on any atom is 0.416 e. The van der Waals surface area contributed by atoms with Gasteiger partial charge in [-0.2, -0.15) is 13.2 Å². The third-order valence-corrected chi connectivity index (χ3v) is 4.10. The number of urea groups is 1. The lowest BCUT2D eigenvalue weighted by Gasteiger charge is -2.23. The molecule has 5 nitrogen and oxygen atoms in total. The lowest BCUT2D eigenvalue weighted by Crippen LogP contribution is -2.46. The Morgan fingerprint density at radius 2 is 2.00 bits per heavy atom. The van der Waals surface area contributed by atoms with Gasteiger partial charge in [0, 0.05) is 25.6 Å². The lowest BCUT2D eigenvalue weighted by molar-refractivity contribution is -0.137. The first kappa shape index (κ1) is 19.1. The van der Waals surface area contributed by atoms with Gasteiger partial charge in [-0.05, 0) is 38.0 Å². The van der Waals surface area contributed by atoms with Gasteiger partial charge in [-0.3, -0.25) is 4.79 Å². The highest BCUT2D eigenvalue weighted by atomic mass is 19.4. The molecule has 0 unspecified atom stereocenters. The number of nitrogens with one attached hydrogen (secondary N) is 2. The van der Waals surface area contributed by atoms with E-state index in [1.54, 1.807) is 18.7 Å². The van der Waals surface area contributed by atoms with E-state index >= 15 is 0 Å². The predicted octanol–water partition coefficient (Wildman–Crippen LogP) is 3.08. The van der Waals surface area contributed by atoms with Crippen molar-refractivity contribution >= 4 is 11.9 Å². The molecule has 138 valence electrons. The van der Waals surface area contributed by atoms with Crippen LogP contribution in [-0.2, 0) is 11.0 Å². The molecule has 0 saturated carbocycles. The molecule has 0 aromatic heterocycles. The monoisotopic (exact) mass is 357 g/mol. The molecule has 1 aliphatic rings. The molecule has 0 bridgehead atoms. The second-order valence-corrected chi connectivity index (χ2v) is 6.31. The van der Waals surface area contributed by atoms with E-state index in [9.17, 15) is 22.8 Å². The zero-order chi connectivity index (χ0) is 18.6. The number of amides is 3. The second-order valence-electron chi connectivity index (χ2n) is 6.31. The summed E-state index contributed by atoms with van der Waals surface area (Å²) >= 11 is 0. The van der Waals surface area contributed by atoms with Crippen molar-refractivity contribution in [3.8, 4) is 0 Å². The maximum atomic E-state index is 12.8. The van der Waals surface area contributed by atoms with Gasteiger partial charge in [0.1, 0.15) is 0 Å².